The summed E-state index contributed by atoms with van der Waals surface area (Å²) in [6.45, 7) is 1.44. The Labute approximate surface area is 123 Å². The van der Waals surface area contributed by atoms with E-state index >= 15 is 0 Å². The van der Waals surface area contributed by atoms with Gasteiger partial charge in [0.15, 0.2) is 0 Å². The Morgan fingerprint density at radius 1 is 1.36 bits per heavy atom. The number of aliphatic hydroxyl groups is 1. The maximum Gasteiger partial charge on any atom is 0.425 e. The van der Waals surface area contributed by atoms with E-state index < -0.39 is 29.9 Å². The fraction of sp³-hybridized carbons (Fsp3) is 0.286. The van der Waals surface area contributed by atoms with Gasteiger partial charge in [-0.05, 0) is 31.2 Å². The quantitative estimate of drug-likeness (QED) is 0.910. The first-order valence-corrected chi connectivity index (χ1v) is 6.28. The number of furan rings is 1. The van der Waals surface area contributed by atoms with Crippen molar-refractivity contribution in [1.29, 1.82) is 0 Å². The van der Waals surface area contributed by atoms with E-state index in [9.17, 15) is 23.1 Å². The van der Waals surface area contributed by atoms with Crippen molar-refractivity contribution in [2.75, 3.05) is 5.32 Å². The van der Waals surface area contributed by atoms with Crippen LogP contribution in [0.1, 0.15) is 17.9 Å². The molecule has 2 rings (SSSR count). The fourth-order valence-electron chi connectivity index (χ4n) is 1.86. The summed E-state index contributed by atoms with van der Waals surface area (Å²) in [6, 6.07) is 5.27. The molecule has 1 amide bonds. The first-order chi connectivity index (χ1) is 10.2. The maximum absolute atomic E-state index is 13.2. The summed E-state index contributed by atoms with van der Waals surface area (Å²) in [5.41, 5.74) is -3.17. The normalized spacial score (nSPS) is 14.4. The van der Waals surface area contributed by atoms with Gasteiger partial charge in [-0.15, -0.1) is 0 Å². The largest absolute Gasteiger partial charge is 0.463 e. The van der Waals surface area contributed by atoms with Crippen LogP contribution in [0, 0.1) is 6.92 Å². The lowest BCUT2D eigenvalue weighted by Gasteiger charge is -2.27. The second-order valence-electron chi connectivity index (χ2n) is 4.73. The van der Waals surface area contributed by atoms with Gasteiger partial charge in [-0.1, -0.05) is 0 Å². The van der Waals surface area contributed by atoms with E-state index in [1.165, 1.54) is 37.5 Å². The third kappa shape index (κ3) is 3.28. The van der Waals surface area contributed by atoms with Gasteiger partial charge in [0.25, 0.3) is 0 Å². The highest BCUT2D eigenvalue weighted by Crippen LogP contribution is 2.42. The molecule has 1 atom stereocenters. The Hall–Kier alpha value is -2.35. The minimum atomic E-state index is -5.07. The molecule has 22 heavy (non-hydrogen) atoms. The summed E-state index contributed by atoms with van der Waals surface area (Å²) in [5.74, 6) is -1.54. The highest BCUT2D eigenvalue weighted by atomic mass is 19.4. The van der Waals surface area contributed by atoms with Crippen LogP contribution >= 0.6 is 0 Å². The molecule has 2 N–H and O–H groups in total. The van der Waals surface area contributed by atoms with Crippen LogP contribution in [-0.2, 0) is 10.4 Å². The average Bonchev–Trinajstić information content (AvgIpc) is 2.85. The highest BCUT2D eigenvalue weighted by molar-refractivity contribution is 5.91. The molecule has 0 aliphatic rings. The minimum Gasteiger partial charge on any atom is -0.463 e. The summed E-state index contributed by atoms with van der Waals surface area (Å²) >= 11 is 0. The van der Waals surface area contributed by atoms with Crippen LogP contribution in [0.3, 0.4) is 0 Å². The smallest absolute Gasteiger partial charge is 0.425 e. The Bertz CT molecular complexity index is 655. The number of amides is 1. The van der Waals surface area contributed by atoms with E-state index in [1.807, 2.05) is 0 Å². The molecule has 118 valence electrons. The number of aromatic nitrogens is 1. The van der Waals surface area contributed by atoms with Crippen molar-refractivity contribution in [3.63, 3.8) is 0 Å². The van der Waals surface area contributed by atoms with Gasteiger partial charge in [0, 0.05) is 6.20 Å². The van der Waals surface area contributed by atoms with E-state index in [0.29, 0.717) is 0 Å². The van der Waals surface area contributed by atoms with Crippen LogP contribution < -0.4 is 5.32 Å². The SMILES string of the molecule is Cc1ccc(C(O)(CC(=O)Nc2cccnc2)C(F)(F)F)o1. The van der Waals surface area contributed by atoms with Crippen molar-refractivity contribution >= 4 is 11.6 Å². The molecule has 2 aromatic rings. The third-order valence-electron chi connectivity index (χ3n) is 2.98. The van der Waals surface area contributed by atoms with E-state index in [-0.39, 0.29) is 11.4 Å². The van der Waals surface area contributed by atoms with E-state index in [1.54, 1.807) is 0 Å². The molecule has 0 radical (unpaired) electrons. The van der Waals surface area contributed by atoms with Gasteiger partial charge in [-0.25, -0.2) is 0 Å². The monoisotopic (exact) mass is 314 g/mol. The zero-order chi connectivity index (χ0) is 16.4. The van der Waals surface area contributed by atoms with Crippen LogP contribution in [0.4, 0.5) is 18.9 Å². The van der Waals surface area contributed by atoms with Crippen molar-refractivity contribution in [1.82, 2.24) is 4.98 Å². The van der Waals surface area contributed by atoms with Gasteiger partial charge in [0.1, 0.15) is 11.5 Å². The topological polar surface area (TPSA) is 75.4 Å². The number of hydrogen-bond acceptors (Lipinski definition) is 4. The molecule has 2 aromatic heterocycles. The van der Waals surface area contributed by atoms with Crippen molar-refractivity contribution < 1.29 is 27.5 Å². The molecule has 0 fully saturated rings. The minimum absolute atomic E-state index is 0.199. The lowest BCUT2D eigenvalue weighted by Crippen LogP contribution is -2.44. The van der Waals surface area contributed by atoms with Crippen molar-refractivity contribution in [3.8, 4) is 0 Å². The number of aryl methyl sites for hydroxylation is 1. The predicted molar refractivity (Wildman–Crippen MR) is 70.9 cm³/mol. The molecule has 0 aromatic carbocycles. The van der Waals surface area contributed by atoms with Crippen LogP contribution in [0.15, 0.2) is 41.1 Å². The van der Waals surface area contributed by atoms with Gasteiger partial charge in [-0.2, -0.15) is 13.2 Å². The van der Waals surface area contributed by atoms with E-state index in [4.69, 9.17) is 4.42 Å². The van der Waals surface area contributed by atoms with Gasteiger partial charge in [0.2, 0.25) is 11.5 Å². The summed E-state index contributed by atoms with van der Waals surface area (Å²) < 4.78 is 44.5. The number of hydrogen-bond donors (Lipinski definition) is 2. The standard InChI is InChI=1S/C14H13F3N2O3/c1-9-4-5-11(22-9)13(21,14(15,16)17)7-12(20)19-10-3-2-6-18-8-10/h2-6,8,21H,7H2,1H3,(H,19,20). The van der Waals surface area contributed by atoms with Gasteiger partial charge in [-0.3, -0.25) is 9.78 Å². The fourth-order valence-corrected chi connectivity index (χ4v) is 1.86. The number of halogens is 3. The first kappa shape index (κ1) is 16.0. The van der Waals surface area contributed by atoms with Crippen LogP contribution in [0.2, 0.25) is 0 Å². The van der Waals surface area contributed by atoms with Crippen LogP contribution in [0.5, 0.6) is 0 Å². The maximum atomic E-state index is 13.2. The summed E-state index contributed by atoms with van der Waals surface area (Å²) in [5, 5.41) is 12.2. The van der Waals surface area contributed by atoms with Gasteiger partial charge >= 0.3 is 6.18 Å². The number of nitrogens with zero attached hydrogens (tertiary/aromatic N) is 1. The van der Waals surface area contributed by atoms with Crippen molar-refractivity contribution in [3.05, 3.63) is 48.2 Å². The Morgan fingerprint density at radius 3 is 2.59 bits per heavy atom. The molecule has 2 heterocycles. The van der Waals surface area contributed by atoms with Crippen LogP contribution in [0.25, 0.3) is 0 Å². The average molecular weight is 314 g/mol. The van der Waals surface area contributed by atoms with E-state index in [2.05, 4.69) is 10.3 Å². The predicted octanol–water partition coefficient (Wildman–Crippen LogP) is 2.76. The number of nitrogens with one attached hydrogen (secondary N) is 1. The number of anilines is 1. The molecular weight excluding hydrogens is 301 g/mol. The Balaban J connectivity index is 2.22. The molecule has 0 aliphatic heterocycles. The van der Waals surface area contributed by atoms with E-state index in [0.717, 1.165) is 6.07 Å². The third-order valence-corrected chi connectivity index (χ3v) is 2.98. The molecule has 0 saturated heterocycles. The number of carbonyl (C=O) groups is 1. The Kier molecular flexibility index (Phi) is 4.23. The van der Waals surface area contributed by atoms with Crippen LogP contribution in [-0.4, -0.2) is 22.2 Å². The molecule has 0 bridgehead atoms. The molecule has 1 unspecified atom stereocenters. The molecule has 0 aliphatic carbocycles. The molecule has 0 spiro atoms. The summed E-state index contributed by atoms with van der Waals surface area (Å²) in [4.78, 5) is 15.5. The lowest BCUT2D eigenvalue weighted by atomic mass is 9.95. The lowest BCUT2D eigenvalue weighted by molar-refractivity contribution is -0.272. The zero-order valence-corrected chi connectivity index (χ0v) is 11.5. The zero-order valence-electron chi connectivity index (χ0n) is 11.5. The van der Waals surface area contributed by atoms with Crippen molar-refractivity contribution in [2.24, 2.45) is 0 Å². The molecule has 5 nitrogen and oxygen atoms in total. The molecule has 8 heteroatoms. The van der Waals surface area contributed by atoms with Gasteiger partial charge in [0.05, 0.1) is 18.3 Å². The Morgan fingerprint density at radius 2 is 2.09 bits per heavy atom. The molecular formula is C14H13F3N2O3. The van der Waals surface area contributed by atoms with Gasteiger partial charge < -0.3 is 14.8 Å². The highest BCUT2D eigenvalue weighted by Gasteiger charge is 2.58. The number of carbonyl (C=O) groups excluding carboxylic acids is 1. The summed E-state index contributed by atoms with van der Waals surface area (Å²) in [6.07, 6.45) is -3.56. The summed E-state index contributed by atoms with van der Waals surface area (Å²) in [7, 11) is 0. The number of pyridine rings is 1. The van der Waals surface area contributed by atoms with Crippen molar-refractivity contribution in [2.45, 2.75) is 25.1 Å². The second kappa shape index (κ2) is 5.80. The molecule has 0 saturated carbocycles. The number of alkyl halides is 3. The first-order valence-electron chi connectivity index (χ1n) is 6.28. The second-order valence-corrected chi connectivity index (χ2v) is 4.73. The number of rotatable bonds is 4.